The molecule has 0 amide bonds. The number of nitrogens with zero attached hydrogens (tertiary/aromatic N) is 1. The van der Waals surface area contributed by atoms with Crippen LogP contribution in [0.4, 0.5) is 0 Å². The summed E-state index contributed by atoms with van der Waals surface area (Å²) in [5, 5.41) is 13.6. The predicted octanol–water partition coefficient (Wildman–Crippen LogP) is 3.13. The zero-order valence-electron chi connectivity index (χ0n) is 14.3. The molecule has 1 rings (SSSR count). The van der Waals surface area contributed by atoms with Gasteiger partial charge in [0.2, 0.25) is 0 Å². The summed E-state index contributed by atoms with van der Waals surface area (Å²) >= 11 is 0. The second-order valence-corrected chi connectivity index (χ2v) is 6.44. The third-order valence-corrected chi connectivity index (χ3v) is 3.81. The lowest BCUT2D eigenvalue weighted by molar-refractivity contribution is 0.0366. The first-order valence-electron chi connectivity index (χ1n) is 8.11. The Balaban J connectivity index is 2.69. The summed E-state index contributed by atoms with van der Waals surface area (Å²) in [7, 11) is 0. The van der Waals surface area contributed by atoms with Crippen LogP contribution in [0.2, 0.25) is 0 Å². The maximum Gasteiger partial charge on any atom is 0.0718 e. The molecule has 0 bridgehead atoms. The SMILES string of the molecule is CCNC(CCN(CC)CC(C)(C)O)c1ccccc1C. The zero-order valence-corrected chi connectivity index (χ0v) is 14.3. The van der Waals surface area contributed by atoms with Gasteiger partial charge in [0, 0.05) is 19.1 Å². The Bertz CT molecular complexity index is 412. The van der Waals surface area contributed by atoms with Gasteiger partial charge in [0.1, 0.15) is 0 Å². The average Bonchev–Trinajstić information content (AvgIpc) is 2.41. The van der Waals surface area contributed by atoms with Gasteiger partial charge in [-0.3, -0.25) is 0 Å². The van der Waals surface area contributed by atoms with Crippen LogP contribution in [-0.4, -0.2) is 41.8 Å². The lowest BCUT2D eigenvalue weighted by Crippen LogP contribution is -2.40. The van der Waals surface area contributed by atoms with Crippen molar-refractivity contribution >= 4 is 0 Å². The van der Waals surface area contributed by atoms with Gasteiger partial charge in [0.05, 0.1) is 5.60 Å². The highest BCUT2D eigenvalue weighted by atomic mass is 16.3. The monoisotopic (exact) mass is 292 g/mol. The van der Waals surface area contributed by atoms with Crippen LogP contribution in [0.15, 0.2) is 24.3 Å². The number of aliphatic hydroxyl groups is 1. The van der Waals surface area contributed by atoms with E-state index in [1.54, 1.807) is 0 Å². The van der Waals surface area contributed by atoms with Crippen LogP contribution in [0.5, 0.6) is 0 Å². The van der Waals surface area contributed by atoms with E-state index in [-0.39, 0.29) is 0 Å². The van der Waals surface area contributed by atoms with E-state index in [2.05, 4.69) is 55.3 Å². The molecule has 0 heterocycles. The fraction of sp³-hybridized carbons (Fsp3) is 0.667. The summed E-state index contributed by atoms with van der Waals surface area (Å²) in [6.45, 7) is 13.9. The number of hydrogen-bond acceptors (Lipinski definition) is 3. The number of benzene rings is 1. The van der Waals surface area contributed by atoms with Crippen LogP contribution in [-0.2, 0) is 0 Å². The van der Waals surface area contributed by atoms with Gasteiger partial charge in [-0.05, 0) is 51.4 Å². The van der Waals surface area contributed by atoms with E-state index in [0.29, 0.717) is 6.04 Å². The van der Waals surface area contributed by atoms with Gasteiger partial charge in [-0.25, -0.2) is 0 Å². The molecule has 0 aliphatic rings. The van der Waals surface area contributed by atoms with Gasteiger partial charge in [-0.15, -0.1) is 0 Å². The topological polar surface area (TPSA) is 35.5 Å². The molecule has 0 aromatic heterocycles. The van der Waals surface area contributed by atoms with Crippen molar-refractivity contribution in [3.05, 3.63) is 35.4 Å². The van der Waals surface area contributed by atoms with Crippen LogP contribution < -0.4 is 5.32 Å². The van der Waals surface area contributed by atoms with E-state index in [0.717, 1.165) is 32.6 Å². The molecule has 0 saturated heterocycles. The summed E-state index contributed by atoms with van der Waals surface area (Å²) in [4.78, 5) is 2.32. The molecule has 2 N–H and O–H groups in total. The molecule has 3 heteroatoms. The molecule has 1 aromatic carbocycles. The third kappa shape index (κ3) is 6.60. The number of rotatable bonds is 9. The van der Waals surface area contributed by atoms with Gasteiger partial charge in [-0.1, -0.05) is 38.1 Å². The smallest absolute Gasteiger partial charge is 0.0718 e. The molecule has 0 aliphatic carbocycles. The first-order chi connectivity index (χ1) is 9.87. The number of nitrogens with one attached hydrogen (secondary N) is 1. The van der Waals surface area contributed by atoms with Gasteiger partial charge in [-0.2, -0.15) is 0 Å². The minimum absolute atomic E-state index is 0.382. The van der Waals surface area contributed by atoms with Crippen molar-refractivity contribution in [3.8, 4) is 0 Å². The predicted molar refractivity (Wildman–Crippen MR) is 90.6 cm³/mol. The molecule has 0 radical (unpaired) electrons. The number of aryl methyl sites for hydroxylation is 1. The summed E-state index contributed by atoms with van der Waals surface area (Å²) < 4.78 is 0. The van der Waals surface area contributed by atoms with E-state index < -0.39 is 5.60 Å². The van der Waals surface area contributed by atoms with Crippen molar-refractivity contribution in [2.75, 3.05) is 26.2 Å². The highest BCUT2D eigenvalue weighted by molar-refractivity contribution is 5.28. The molecule has 21 heavy (non-hydrogen) atoms. The molecule has 120 valence electrons. The maximum absolute atomic E-state index is 9.99. The van der Waals surface area contributed by atoms with Crippen molar-refractivity contribution < 1.29 is 5.11 Å². The molecule has 0 spiro atoms. The highest BCUT2D eigenvalue weighted by Crippen LogP contribution is 2.21. The van der Waals surface area contributed by atoms with Crippen molar-refractivity contribution in [1.82, 2.24) is 10.2 Å². The van der Waals surface area contributed by atoms with Crippen molar-refractivity contribution in [2.24, 2.45) is 0 Å². The molecule has 0 saturated carbocycles. The lowest BCUT2D eigenvalue weighted by atomic mass is 9.98. The first kappa shape index (κ1) is 18.1. The van der Waals surface area contributed by atoms with Crippen LogP contribution in [0, 0.1) is 6.92 Å². The Kier molecular flexibility index (Phi) is 7.36. The molecule has 1 aromatic rings. The fourth-order valence-corrected chi connectivity index (χ4v) is 2.80. The largest absolute Gasteiger partial charge is 0.389 e. The van der Waals surface area contributed by atoms with E-state index in [1.807, 2.05) is 13.8 Å². The Hall–Kier alpha value is -0.900. The number of hydrogen-bond donors (Lipinski definition) is 2. The standard InChI is InChI=1S/C18H32N2O/c1-6-19-17(16-11-9-8-10-15(16)3)12-13-20(7-2)14-18(4,5)21/h8-11,17,19,21H,6-7,12-14H2,1-5H3. The van der Waals surface area contributed by atoms with E-state index >= 15 is 0 Å². The number of likely N-dealkylation sites (N-methyl/N-ethyl adjacent to an activating group) is 1. The Morgan fingerprint density at radius 1 is 1.24 bits per heavy atom. The van der Waals surface area contributed by atoms with Crippen LogP contribution in [0.3, 0.4) is 0 Å². The van der Waals surface area contributed by atoms with Crippen LogP contribution in [0.1, 0.15) is 51.3 Å². The normalized spacial score (nSPS) is 13.7. The van der Waals surface area contributed by atoms with Crippen molar-refractivity contribution in [1.29, 1.82) is 0 Å². The van der Waals surface area contributed by atoms with Crippen LogP contribution >= 0.6 is 0 Å². The van der Waals surface area contributed by atoms with E-state index in [1.165, 1.54) is 11.1 Å². The molecule has 0 aliphatic heterocycles. The minimum Gasteiger partial charge on any atom is -0.389 e. The van der Waals surface area contributed by atoms with Crippen molar-refractivity contribution in [2.45, 2.75) is 52.7 Å². The molecular formula is C18H32N2O. The highest BCUT2D eigenvalue weighted by Gasteiger charge is 2.19. The Labute approximate surface area is 130 Å². The maximum atomic E-state index is 9.99. The summed E-state index contributed by atoms with van der Waals surface area (Å²) in [5.41, 5.74) is 2.10. The summed E-state index contributed by atoms with van der Waals surface area (Å²) in [6.07, 6.45) is 1.06. The van der Waals surface area contributed by atoms with Crippen LogP contribution in [0.25, 0.3) is 0 Å². The Morgan fingerprint density at radius 2 is 1.90 bits per heavy atom. The summed E-state index contributed by atoms with van der Waals surface area (Å²) in [6, 6.07) is 8.98. The molecule has 1 unspecified atom stereocenters. The molecular weight excluding hydrogens is 260 g/mol. The van der Waals surface area contributed by atoms with E-state index in [9.17, 15) is 5.11 Å². The van der Waals surface area contributed by atoms with E-state index in [4.69, 9.17) is 0 Å². The average molecular weight is 292 g/mol. The minimum atomic E-state index is -0.633. The fourth-order valence-electron chi connectivity index (χ4n) is 2.80. The van der Waals surface area contributed by atoms with Gasteiger partial charge >= 0.3 is 0 Å². The Morgan fingerprint density at radius 3 is 2.43 bits per heavy atom. The lowest BCUT2D eigenvalue weighted by Gasteiger charge is -2.30. The summed E-state index contributed by atoms with van der Waals surface area (Å²) in [5.74, 6) is 0. The zero-order chi connectivity index (χ0) is 15.9. The second-order valence-electron chi connectivity index (χ2n) is 6.44. The van der Waals surface area contributed by atoms with Gasteiger partial charge in [0.25, 0.3) is 0 Å². The molecule has 0 fully saturated rings. The van der Waals surface area contributed by atoms with Gasteiger partial charge < -0.3 is 15.3 Å². The van der Waals surface area contributed by atoms with Crippen molar-refractivity contribution in [3.63, 3.8) is 0 Å². The molecule has 3 nitrogen and oxygen atoms in total. The second kappa shape index (κ2) is 8.52. The third-order valence-electron chi connectivity index (χ3n) is 3.81. The quantitative estimate of drug-likeness (QED) is 0.734. The molecule has 1 atom stereocenters. The first-order valence-corrected chi connectivity index (χ1v) is 8.11. The van der Waals surface area contributed by atoms with Gasteiger partial charge in [0.15, 0.2) is 0 Å².